The Morgan fingerprint density at radius 1 is 0.947 bits per heavy atom. The number of nitrogens with one attached hydrogen (secondary N) is 1. The van der Waals surface area contributed by atoms with Crippen LogP contribution in [0.5, 0.6) is 0 Å². The second-order valence-electron chi connectivity index (χ2n) is 4.49. The van der Waals surface area contributed by atoms with Crippen LogP contribution in [0.1, 0.15) is 24.1 Å². The summed E-state index contributed by atoms with van der Waals surface area (Å²) in [4.78, 5) is 0. The van der Waals surface area contributed by atoms with Gasteiger partial charge in [0.15, 0.2) is 0 Å². The van der Waals surface area contributed by atoms with Gasteiger partial charge in [-0.1, -0.05) is 40.9 Å². The summed E-state index contributed by atoms with van der Waals surface area (Å²) in [6, 6.07) is 11.3. The molecule has 0 saturated carbocycles. The van der Waals surface area contributed by atoms with Crippen LogP contribution in [0, 0.1) is 6.92 Å². The van der Waals surface area contributed by atoms with Crippen LogP contribution in [0.3, 0.4) is 0 Å². The van der Waals surface area contributed by atoms with Crippen molar-refractivity contribution < 1.29 is 0 Å². The van der Waals surface area contributed by atoms with E-state index in [1.807, 2.05) is 44.2 Å². The summed E-state index contributed by atoms with van der Waals surface area (Å²) in [7, 11) is 0. The van der Waals surface area contributed by atoms with Crippen molar-refractivity contribution in [2.24, 2.45) is 0 Å². The molecule has 0 aliphatic carbocycles. The molecule has 2 aromatic carbocycles. The van der Waals surface area contributed by atoms with E-state index in [-0.39, 0.29) is 6.04 Å². The van der Waals surface area contributed by atoms with Crippen LogP contribution in [0.25, 0.3) is 0 Å². The molecule has 0 fully saturated rings. The molecule has 0 saturated heterocycles. The van der Waals surface area contributed by atoms with Crippen molar-refractivity contribution in [3.63, 3.8) is 0 Å². The minimum Gasteiger partial charge on any atom is -0.378 e. The highest BCUT2D eigenvalue weighted by molar-refractivity contribution is 6.33. The quantitative estimate of drug-likeness (QED) is 0.718. The number of halogens is 3. The standard InChI is InChI=1S/C15H14Cl3N/c1-9-3-4-12(17)8-15(9)19-10(2)13-7-11(16)5-6-14(13)18/h3-8,10,19H,1-2H3. The number of rotatable bonds is 3. The molecule has 0 heterocycles. The van der Waals surface area contributed by atoms with E-state index in [1.165, 1.54) is 0 Å². The molecule has 1 N–H and O–H groups in total. The Labute approximate surface area is 128 Å². The van der Waals surface area contributed by atoms with E-state index in [9.17, 15) is 0 Å². The molecule has 2 rings (SSSR count). The number of hydrogen-bond donors (Lipinski definition) is 1. The predicted molar refractivity (Wildman–Crippen MR) is 84.7 cm³/mol. The number of benzene rings is 2. The first-order valence-corrected chi connectivity index (χ1v) is 7.08. The Morgan fingerprint density at radius 2 is 1.58 bits per heavy atom. The van der Waals surface area contributed by atoms with Crippen molar-refractivity contribution in [1.29, 1.82) is 0 Å². The van der Waals surface area contributed by atoms with Crippen molar-refractivity contribution in [2.45, 2.75) is 19.9 Å². The van der Waals surface area contributed by atoms with Gasteiger partial charge in [0.1, 0.15) is 0 Å². The maximum Gasteiger partial charge on any atom is 0.0501 e. The topological polar surface area (TPSA) is 12.0 Å². The van der Waals surface area contributed by atoms with Crippen LogP contribution in [-0.2, 0) is 0 Å². The van der Waals surface area contributed by atoms with Gasteiger partial charge in [-0.25, -0.2) is 0 Å². The molecule has 2 aromatic rings. The average molecular weight is 315 g/mol. The number of aryl methyl sites for hydroxylation is 1. The predicted octanol–water partition coefficient (Wildman–Crippen LogP) is 6.13. The van der Waals surface area contributed by atoms with E-state index in [0.717, 1.165) is 16.8 Å². The summed E-state index contributed by atoms with van der Waals surface area (Å²) in [6.07, 6.45) is 0. The second-order valence-corrected chi connectivity index (χ2v) is 5.77. The molecule has 0 aromatic heterocycles. The monoisotopic (exact) mass is 313 g/mol. The summed E-state index contributed by atoms with van der Waals surface area (Å²) in [5.74, 6) is 0. The third kappa shape index (κ3) is 3.56. The fraction of sp³-hybridized carbons (Fsp3) is 0.200. The Hall–Kier alpha value is -0.890. The number of anilines is 1. The van der Waals surface area contributed by atoms with Gasteiger partial charge in [0.2, 0.25) is 0 Å². The molecule has 1 nitrogen and oxygen atoms in total. The third-order valence-electron chi connectivity index (χ3n) is 3.00. The van der Waals surface area contributed by atoms with Crippen LogP contribution in [-0.4, -0.2) is 0 Å². The molecule has 0 aliphatic heterocycles. The Kier molecular flexibility index (Phi) is 4.62. The normalized spacial score (nSPS) is 12.3. The molecule has 1 unspecified atom stereocenters. The summed E-state index contributed by atoms with van der Waals surface area (Å²) < 4.78 is 0. The summed E-state index contributed by atoms with van der Waals surface area (Å²) in [6.45, 7) is 4.07. The third-order valence-corrected chi connectivity index (χ3v) is 3.81. The van der Waals surface area contributed by atoms with Gasteiger partial charge in [-0.2, -0.15) is 0 Å². The minimum atomic E-state index is 0.0448. The molecular formula is C15H14Cl3N. The lowest BCUT2D eigenvalue weighted by Crippen LogP contribution is -2.08. The molecule has 0 radical (unpaired) electrons. The van der Waals surface area contributed by atoms with Gasteiger partial charge in [0, 0.05) is 20.8 Å². The Balaban J connectivity index is 2.27. The first-order valence-electron chi connectivity index (χ1n) is 5.95. The molecular weight excluding hydrogens is 301 g/mol. The van der Waals surface area contributed by atoms with Crippen LogP contribution >= 0.6 is 34.8 Å². The van der Waals surface area contributed by atoms with Crippen molar-refractivity contribution in [3.8, 4) is 0 Å². The van der Waals surface area contributed by atoms with Gasteiger partial charge < -0.3 is 5.32 Å². The first-order chi connectivity index (χ1) is 8.97. The summed E-state index contributed by atoms with van der Waals surface area (Å²) >= 11 is 18.2. The minimum absolute atomic E-state index is 0.0448. The average Bonchev–Trinajstić information content (AvgIpc) is 2.36. The van der Waals surface area contributed by atoms with E-state index in [4.69, 9.17) is 34.8 Å². The van der Waals surface area contributed by atoms with Gasteiger partial charge in [0.05, 0.1) is 6.04 Å². The fourth-order valence-corrected chi connectivity index (χ4v) is 2.54. The first kappa shape index (κ1) is 14.5. The van der Waals surface area contributed by atoms with Gasteiger partial charge in [-0.15, -0.1) is 0 Å². The van der Waals surface area contributed by atoms with Gasteiger partial charge >= 0.3 is 0 Å². The lowest BCUT2D eigenvalue weighted by Gasteiger charge is -2.19. The Bertz CT molecular complexity index is 596. The smallest absolute Gasteiger partial charge is 0.0501 e. The molecule has 0 bridgehead atoms. The van der Waals surface area contributed by atoms with E-state index in [1.54, 1.807) is 6.07 Å². The molecule has 0 aliphatic rings. The van der Waals surface area contributed by atoms with E-state index in [2.05, 4.69) is 5.32 Å². The van der Waals surface area contributed by atoms with Crippen LogP contribution in [0.2, 0.25) is 15.1 Å². The summed E-state index contributed by atoms with van der Waals surface area (Å²) in [5.41, 5.74) is 3.10. The molecule has 1 atom stereocenters. The zero-order valence-corrected chi connectivity index (χ0v) is 12.9. The SMILES string of the molecule is Cc1ccc(Cl)cc1NC(C)c1cc(Cl)ccc1Cl. The Morgan fingerprint density at radius 3 is 2.32 bits per heavy atom. The van der Waals surface area contributed by atoms with Crippen molar-refractivity contribution in [1.82, 2.24) is 0 Å². The highest BCUT2D eigenvalue weighted by atomic mass is 35.5. The molecule has 4 heteroatoms. The highest BCUT2D eigenvalue weighted by Crippen LogP contribution is 2.30. The fourth-order valence-electron chi connectivity index (χ4n) is 1.91. The van der Waals surface area contributed by atoms with Gasteiger partial charge in [-0.05, 0) is 55.3 Å². The molecule has 100 valence electrons. The van der Waals surface area contributed by atoms with Gasteiger partial charge in [0.25, 0.3) is 0 Å². The highest BCUT2D eigenvalue weighted by Gasteiger charge is 2.11. The largest absolute Gasteiger partial charge is 0.378 e. The van der Waals surface area contributed by atoms with Crippen LogP contribution in [0.15, 0.2) is 36.4 Å². The van der Waals surface area contributed by atoms with E-state index >= 15 is 0 Å². The maximum atomic E-state index is 6.20. The molecule has 19 heavy (non-hydrogen) atoms. The van der Waals surface area contributed by atoms with Crippen molar-refractivity contribution >= 4 is 40.5 Å². The van der Waals surface area contributed by atoms with Gasteiger partial charge in [-0.3, -0.25) is 0 Å². The zero-order valence-electron chi connectivity index (χ0n) is 10.7. The van der Waals surface area contributed by atoms with E-state index in [0.29, 0.717) is 15.1 Å². The lowest BCUT2D eigenvalue weighted by atomic mass is 10.1. The number of hydrogen-bond acceptors (Lipinski definition) is 1. The van der Waals surface area contributed by atoms with Crippen LogP contribution in [0.4, 0.5) is 5.69 Å². The van der Waals surface area contributed by atoms with Crippen molar-refractivity contribution in [3.05, 3.63) is 62.6 Å². The maximum absolute atomic E-state index is 6.20. The van der Waals surface area contributed by atoms with Crippen molar-refractivity contribution in [2.75, 3.05) is 5.32 Å². The van der Waals surface area contributed by atoms with E-state index < -0.39 is 0 Å². The van der Waals surface area contributed by atoms with Crippen LogP contribution < -0.4 is 5.32 Å². The molecule has 0 amide bonds. The molecule has 0 spiro atoms. The summed E-state index contributed by atoms with van der Waals surface area (Å²) in [5, 5.41) is 5.49. The lowest BCUT2D eigenvalue weighted by molar-refractivity contribution is 0.883. The zero-order chi connectivity index (χ0) is 14.0. The second kappa shape index (κ2) is 6.04.